The first-order valence-electron chi connectivity index (χ1n) is 4.29. The molecule has 0 aromatic carbocycles. The lowest BCUT2D eigenvalue weighted by molar-refractivity contribution is 0.475. The van der Waals surface area contributed by atoms with Crippen LogP contribution in [0.15, 0.2) is 6.20 Å². The lowest BCUT2D eigenvalue weighted by Crippen LogP contribution is -2.03. The van der Waals surface area contributed by atoms with E-state index in [-0.39, 0.29) is 0 Å². The highest BCUT2D eigenvalue weighted by molar-refractivity contribution is 6.17. The predicted molar refractivity (Wildman–Crippen MR) is 51.5 cm³/mol. The van der Waals surface area contributed by atoms with Gasteiger partial charge in [-0.2, -0.15) is 5.10 Å². The summed E-state index contributed by atoms with van der Waals surface area (Å²) in [5.41, 5.74) is 2.18. The first-order valence-corrected chi connectivity index (χ1v) is 4.83. The van der Waals surface area contributed by atoms with Crippen molar-refractivity contribution in [1.29, 1.82) is 0 Å². The molecule has 0 saturated carbocycles. The van der Waals surface area contributed by atoms with Crippen LogP contribution in [0.1, 0.15) is 37.6 Å². The summed E-state index contributed by atoms with van der Waals surface area (Å²) in [7, 11) is 0. The van der Waals surface area contributed by atoms with Gasteiger partial charge in [0.15, 0.2) is 0 Å². The van der Waals surface area contributed by atoms with Gasteiger partial charge in [-0.3, -0.25) is 4.68 Å². The van der Waals surface area contributed by atoms with E-state index in [4.69, 9.17) is 11.6 Å². The van der Waals surface area contributed by atoms with Gasteiger partial charge in [0.05, 0.1) is 11.6 Å². The van der Waals surface area contributed by atoms with Crippen LogP contribution in [-0.2, 0) is 5.88 Å². The zero-order valence-corrected chi connectivity index (χ0v) is 8.60. The molecule has 0 aliphatic heterocycles. The third-order valence-electron chi connectivity index (χ3n) is 2.20. The second-order valence-electron chi connectivity index (χ2n) is 3.11. The highest BCUT2D eigenvalue weighted by Gasteiger charge is 2.06. The quantitative estimate of drug-likeness (QED) is 0.664. The Bertz CT molecular complexity index is 255. The van der Waals surface area contributed by atoms with Gasteiger partial charge in [0.1, 0.15) is 0 Å². The zero-order valence-electron chi connectivity index (χ0n) is 7.84. The molecule has 1 atom stereocenters. The maximum atomic E-state index is 5.74. The van der Waals surface area contributed by atoms with Gasteiger partial charge in [-0.25, -0.2) is 0 Å². The molecule has 2 nitrogen and oxygen atoms in total. The summed E-state index contributed by atoms with van der Waals surface area (Å²) in [6.45, 7) is 6.31. The second kappa shape index (κ2) is 3.94. The number of rotatable bonds is 3. The van der Waals surface area contributed by atoms with E-state index in [1.807, 2.05) is 17.8 Å². The van der Waals surface area contributed by atoms with Crippen molar-refractivity contribution in [2.24, 2.45) is 0 Å². The molecule has 12 heavy (non-hydrogen) atoms. The van der Waals surface area contributed by atoms with Crippen molar-refractivity contribution in [2.75, 3.05) is 0 Å². The first kappa shape index (κ1) is 9.59. The normalized spacial score (nSPS) is 13.3. The van der Waals surface area contributed by atoms with Gasteiger partial charge in [-0.05, 0) is 20.3 Å². The Balaban J connectivity index is 2.88. The molecule has 68 valence electrons. The molecule has 0 aliphatic carbocycles. The smallest absolute Gasteiger partial charge is 0.0637 e. The van der Waals surface area contributed by atoms with Crippen molar-refractivity contribution in [3.05, 3.63) is 17.5 Å². The summed E-state index contributed by atoms with van der Waals surface area (Å²) in [6, 6.07) is 0.473. The maximum absolute atomic E-state index is 5.74. The topological polar surface area (TPSA) is 17.8 Å². The molecule has 0 bridgehead atoms. The Morgan fingerprint density at radius 2 is 2.33 bits per heavy atom. The number of halogens is 1. The number of hydrogen-bond acceptors (Lipinski definition) is 1. The van der Waals surface area contributed by atoms with Crippen molar-refractivity contribution in [1.82, 2.24) is 9.78 Å². The monoisotopic (exact) mass is 186 g/mol. The lowest BCUT2D eigenvalue weighted by atomic mass is 10.2. The number of hydrogen-bond donors (Lipinski definition) is 0. The molecule has 0 fully saturated rings. The van der Waals surface area contributed by atoms with Crippen LogP contribution in [0, 0.1) is 6.92 Å². The molecule has 1 aromatic rings. The van der Waals surface area contributed by atoms with E-state index >= 15 is 0 Å². The molecule has 3 heteroatoms. The van der Waals surface area contributed by atoms with Crippen LogP contribution in [0.4, 0.5) is 0 Å². The van der Waals surface area contributed by atoms with Crippen LogP contribution in [0.3, 0.4) is 0 Å². The highest BCUT2D eigenvalue weighted by atomic mass is 35.5. The third kappa shape index (κ3) is 1.81. The predicted octanol–water partition coefficient (Wildman–Crippen LogP) is 2.90. The number of nitrogens with zero attached hydrogens (tertiary/aromatic N) is 2. The Labute approximate surface area is 78.5 Å². The van der Waals surface area contributed by atoms with Crippen LogP contribution >= 0.6 is 11.6 Å². The van der Waals surface area contributed by atoms with E-state index in [2.05, 4.69) is 18.9 Å². The van der Waals surface area contributed by atoms with Crippen LogP contribution in [0.25, 0.3) is 0 Å². The Kier molecular flexibility index (Phi) is 3.15. The molecule has 0 N–H and O–H groups in total. The zero-order chi connectivity index (χ0) is 9.14. The van der Waals surface area contributed by atoms with E-state index in [1.54, 1.807) is 0 Å². The minimum atomic E-state index is 0.473. The third-order valence-corrected chi connectivity index (χ3v) is 2.49. The summed E-state index contributed by atoms with van der Waals surface area (Å²) in [6.07, 6.45) is 3.14. The molecule has 0 spiro atoms. The molecule has 1 heterocycles. The van der Waals surface area contributed by atoms with Crippen LogP contribution in [-0.4, -0.2) is 9.78 Å². The average molecular weight is 187 g/mol. The second-order valence-corrected chi connectivity index (χ2v) is 3.38. The summed E-state index contributed by atoms with van der Waals surface area (Å²) in [5.74, 6) is 0.558. The van der Waals surface area contributed by atoms with Crippen molar-refractivity contribution in [2.45, 2.75) is 39.1 Å². The molecule has 1 aromatic heterocycles. The molecule has 1 rings (SSSR count). The first-order chi connectivity index (χ1) is 5.69. The van der Waals surface area contributed by atoms with E-state index in [0.717, 1.165) is 17.7 Å². The van der Waals surface area contributed by atoms with Gasteiger partial charge < -0.3 is 0 Å². The molecule has 0 amide bonds. The van der Waals surface area contributed by atoms with Gasteiger partial charge >= 0.3 is 0 Å². The van der Waals surface area contributed by atoms with Gasteiger partial charge in [0.2, 0.25) is 0 Å². The highest BCUT2D eigenvalue weighted by Crippen LogP contribution is 2.14. The van der Waals surface area contributed by atoms with Gasteiger partial charge in [-0.1, -0.05) is 6.92 Å². The number of aryl methyl sites for hydroxylation is 1. The summed E-state index contributed by atoms with van der Waals surface area (Å²) in [5, 5.41) is 4.38. The summed E-state index contributed by atoms with van der Waals surface area (Å²) < 4.78 is 1.99. The Morgan fingerprint density at radius 3 is 2.75 bits per heavy atom. The standard InChI is InChI=1S/C9H15ClN2/c1-4-7(2)12-6-9(5-10)8(3)11-12/h6-7H,4-5H2,1-3H3. The van der Waals surface area contributed by atoms with Crippen molar-refractivity contribution in [3.63, 3.8) is 0 Å². The Hall–Kier alpha value is -0.500. The molecular weight excluding hydrogens is 172 g/mol. The summed E-state index contributed by atoms with van der Waals surface area (Å²) in [4.78, 5) is 0. The van der Waals surface area contributed by atoms with Crippen molar-refractivity contribution < 1.29 is 0 Å². The molecule has 0 radical (unpaired) electrons. The van der Waals surface area contributed by atoms with Crippen molar-refractivity contribution in [3.8, 4) is 0 Å². The number of alkyl halides is 1. The molecule has 0 aliphatic rings. The van der Waals surface area contributed by atoms with Gasteiger partial charge in [0.25, 0.3) is 0 Å². The largest absolute Gasteiger partial charge is 0.269 e. The van der Waals surface area contributed by atoms with Crippen LogP contribution < -0.4 is 0 Å². The molecular formula is C9H15ClN2. The van der Waals surface area contributed by atoms with E-state index in [9.17, 15) is 0 Å². The minimum absolute atomic E-state index is 0.473. The van der Waals surface area contributed by atoms with E-state index in [0.29, 0.717) is 11.9 Å². The van der Waals surface area contributed by atoms with E-state index < -0.39 is 0 Å². The van der Waals surface area contributed by atoms with Crippen molar-refractivity contribution >= 4 is 11.6 Å². The maximum Gasteiger partial charge on any atom is 0.0637 e. The fourth-order valence-corrected chi connectivity index (χ4v) is 1.33. The fourth-order valence-electron chi connectivity index (χ4n) is 1.06. The van der Waals surface area contributed by atoms with E-state index in [1.165, 1.54) is 0 Å². The lowest BCUT2D eigenvalue weighted by Gasteiger charge is -2.07. The average Bonchev–Trinajstić information content (AvgIpc) is 2.45. The minimum Gasteiger partial charge on any atom is -0.269 e. The fraction of sp³-hybridized carbons (Fsp3) is 0.667. The summed E-state index contributed by atoms with van der Waals surface area (Å²) >= 11 is 5.74. The van der Waals surface area contributed by atoms with Crippen LogP contribution in [0.5, 0.6) is 0 Å². The van der Waals surface area contributed by atoms with Crippen LogP contribution in [0.2, 0.25) is 0 Å². The van der Waals surface area contributed by atoms with Gasteiger partial charge in [0, 0.05) is 17.8 Å². The molecule has 0 saturated heterocycles. The van der Waals surface area contributed by atoms with Gasteiger partial charge in [-0.15, -0.1) is 11.6 Å². The molecule has 1 unspecified atom stereocenters. The SMILES string of the molecule is CCC(C)n1cc(CCl)c(C)n1. The number of aromatic nitrogens is 2. The Morgan fingerprint density at radius 1 is 1.67 bits per heavy atom.